The van der Waals surface area contributed by atoms with Gasteiger partial charge in [-0.1, -0.05) is 219 Å². The quantitative estimate of drug-likeness (QED) is 0.0371. The fraction of sp³-hybridized carbons (Fsp3) is 0.976. The van der Waals surface area contributed by atoms with Crippen LogP contribution in [0.15, 0.2) is 0 Å². The molecule has 0 aliphatic rings. The van der Waals surface area contributed by atoms with Crippen LogP contribution >= 0.6 is 0 Å². The summed E-state index contributed by atoms with van der Waals surface area (Å²) in [4.78, 5) is 12.6. The van der Waals surface area contributed by atoms with Gasteiger partial charge in [0.15, 0.2) is 0 Å². The van der Waals surface area contributed by atoms with Crippen LogP contribution in [0.25, 0.3) is 0 Å². The number of rotatable bonds is 39. The first-order valence-corrected chi connectivity index (χ1v) is 22.9. The maximum atomic E-state index is 12.6. The molecule has 1 amide bonds. The number of aliphatic hydroxyl groups excluding tert-OH is 2. The highest BCUT2D eigenvalue weighted by molar-refractivity contribution is 7.85. The van der Waals surface area contributed by atoms with E-state index < -0.39 is 40.0 Å². The second kappa shape index (κ2) is 35.7. The highest BCUT2D eigenvalue weighted by atomic mass is 32.2. The molecule has 0 saturated heterocycles. The number of nitrogens with one attached hydrogen (secondary N) is 1. The van der Waals surface area contributed by atoms with E-state index in [9.17, 15) is 28.0 Å². The summed E-state index contributed by atoms with van der Waals surface area (Å²) in [6.45, 7) is 4.51. The molecule has 0 saturated carbocycles. The number of hydrogen-bond donors (Lipinski definition) is 4. The first-order chi connectivity index (χ1) is 23.7. The molecular formula is C41H83NO6S. The third-order valence-electron chi connectivity index (χ3n) is 10.2. The van der Waals surface area contributed by atoms with Gasteiger partial charge in [0.2, 0.25) is 5.91 Å². The first-order valence-electron chi connectivity index (χ1n) is 21.3. The van der Waals surface area contributed by atoms with E-state index in [1.165, 1.54) is 161 Å². The molecule has 294 valence electrons. The zero-order valence-electron chi connectivity index (χ0n) is 32.5. The Kier molecular flexibility index (Phi) is 35.2. The van der Waals surface area contributed by atoms with Crippen molar-refractivity contribution in [1.29, 1.82) is 0 Å². The topological polar surface area (TPSA) is 124 Å². The van der Waals surface area contributed by atoms with Crippen molar-refractivity contribution in [3.8, 4) is 0 Å². The van der Waals surface area contributed by atoms with Gasteiger partial charge in [0.1, 0.15) is 6.10 Å². The fourth-order valence-electron chi connectivity index (χ4n) is 6.87. The average Bonchev–Trinajstić information content (AvgIpc) is 3.06. The van der Waals surface area contributed by atoms with Gasteiger partial charge in [0.25, 0.3) is 10.1 Å². The van der Waals surface area contributed by atoms with E-state index in [-0.39, 0.29) is 0 Å². The van der Waals surface area contributed by atoms with Crippen molar-refractivity contribution in [1.82, 2.24) is 5.32 Å². The van der Waals surface area contributed by atoms with Crippen molar-refractivity contribution < 1.29 is 28.0 Å². The van der Waals surface area contributed by atoms with Crippen LogP contribution < -0.4 is 5.32 Å². The van der Waals surface area contributed by atoms with Crippen LogP contribution in [-0.4, -0.2) is 53.1 Å². The number of amides is 1. The molecule has 0 bridgehead atoms. The van der Waals surface area contributed by atoms with E-state index in [2.05, 4.69) is 19.2 Å². The van der Waals surface area contributed by atoms with Crippen molar-refractivity contribution in [3.05, 3.63) is 0 Å². The van der Waals surface area contributed by atoms with Crippen LogP contribution in [0.3, 0.4) is 0 Å². The maximum absolute atomic E-state index is 12.6. The Bertz CT molecular complexity index is 808. The van der Waals surface area contributed by atoms with Crippen molar-refractivity contribution in [2.75, 3.05) is 5.75 Å². The monoisotopic (exact) mass is 718 g/mol. The van der Waals surface area contributed by atoms with E-state index in [1.807, 2.05) is 0 Å². The minimum absolute atomic E-state index is 0.303. The first kappa shape index (κ1) is 48.3. The van der Waals surface area contributed by atoms with Crippen LogP contribution in [-0.2, 0) is 14.9 Å². The summed E-state index contributed by atoms with van der Waals surface area (Å²) in [5, 5.41) is 23.5. The molecule has 0 radical (unpaired) electrons. The molecule has 0 aliphatic heterocycles. The molecule has 4 N–H and O–H groups in total. The van der Waals surface area contributed by atoms with Crippen molar-refractivity contribution >= 4 is 16.0 Å². The molecule has 49 heavy (non-hydrogen) atoms. The summed E-state index contributed by atoms with van der Waals surface area (Å²) >= 11 is 0. The van der Waals surface area contributed by atoms with Gasteiger partial charge in [0.05, 0.1) is 17.9 Å². The lowest BCUT2D eigenvalue weighted by atomic mass is 10.0. The number of carbonyl (C=O) groups is 1. The van der Waals surface area contributed by atoms with Crippen LogP contribution in [0.2, 0.25) is 0 Å². The molecule has 0 heterocycles. The minimum atomic E-state index is -4.40. The molecule has 3 unspecified atom stereocenters. The molecule has 0 aromatic rings. The summed E-state index contributed by atoms with van der Waals surface area (Å²) < 4.78 is 32.6. The summed E-state index contributed by atoms with van der Waals surface area (Å²) in [7, 11) is -4.40. The van der Waals surface area contributed by atoms with Gasteiger partial charge in [-0.25, -0.2) is 0 Å². The number of carbonyl (C=O) groups excluding carboxylic acids is 1. The largest absolute Gasteiger partial charge is 0.391 e. The van der Waals surface area contributed by atoms with Crippen LogP contribution in [0, 0.1) is 0 Å². The maximum Gasteiger partial charge on any atom is 0.266 e. The van der Waals surface area contributed by atoms with Gasteiger partial charge in [-0.05, 0) is 12.8 Å². The Morgan fingerprint density at radius 2 is 0.735 bits per heavy atom. The predicted molar refractivity (Wildman–Crippen MR) is 209 cm³/mol. The van der Waals surface area contributed by atoms with Gasteiger partial charge in [-0.3, -0.25) is 9.35 Å². The standard InChI is InChI=1S/C41H83NO6S/c1-3-5-7-9-11-13-15-17-18-19-20-21-22-24-25-27-29-31-33-35-39(43)38(37-49(46,47)48)42-41(45)40(44)36-34-32-30-28-26-23-16-14-12-10-8-6-4-2/h38-40,43-44H,3-37H2,1-2H3,(H,42,45)(H,46,47,48). The molecule has 0 spiro atoms. The van der Waals surface area contributed by atoms with E-state index >= 15 is 0 Å². The van der Waals surface area contributed by atoms with E-state index in [0.29, 0.717) is 12.8 Å². The Balaban J connectivity index is 3.91. The van der Waals surface area contributed by atoms with Crippen molar-refractivity contribution in [2.45, 2.75) is 250 Å². The van der Waals surface area contributed by atoms with E-state index in [1.54, 1.807) is 0 Å². The summed E-state index contributed by atoms with van der Waals surface area (Å²) in [6, 6.07) is -1.14. The number of hydrogen-bond acceptors (Lipinski definition) is 5. The van der Waals surface area contributed by atoms with Gasteiger partial charge >= 0.3 is 0 Å². The summed E-state index contributed by atoms with van der Waals surface area (Å²) in [5.74, 6) is -1.44. The van der Waals surface area contributed by atoms with E-state index in [4.69, 9.17) is 0 Å². The van der Waals surface area contributed by atoms with E-state index in [0.717, 1.165) is 44.9 Å². The lowest BCUT2D eigenvalue weighted by Crippen LogP contribution is -2.50. The summed E-state index contributed by atoms with van der Waals surface area (Å²) in [6.07, 6.45) is 38.3. The summed E-state index contributed by atoms with van der Waals surface area (Å²) in [5.41, 5.74) is 0. The Morgan fingerprint density at radius 1 is 0.469 bits per heavy atom. The zero-order chi connectivity index (χ0) is 36.3. The second-order valence-corrected chi connectivity index (χ2v) is 16.6. The Labute approximate surface area is 304 Å². The highest BCUT2D eigenvalue weighted by Crippen LogP contribution is 2.17. The predicted octanol–water partition coefficient (Wildman–Crippen LogP) is 11.4. The minimum Gasteiger partial charge on any atom is -0.391 e. The van der Waals surface area contributed by atoms with Gasteiger partial charge < -0.3 is 15.5 Å². The Hall–Kier alpha value is -0.700. The molecule has 0 aromatic carbocycles. The van der Waals surface area contributed by atoms with Crippen LogP contribution in [0.1, 0.15) is 232 Å². The van der Waals surface area contributed by atoms with Gasteiger partial charge in [-0.2, -0.15) is 8.42 Å². The normalized spacial score (nSPS) is 13.8. The van der Waals surface area contributed by atoms with Crippen molar-refractivity contribution in [2.24, 2.45) is 0 Å². The molecular weight excluding hydrogens is 635 g/mol. The second-order valence-electron chi connectivity index (χ2n) is 15.1. The number of unbranched alkanes of at least 4 members (excludes halogenated alkanes) is 30. The van der Waals surface area contributed by atoms with Crippen LogP contribution in [0.4, 0.5) is 0 Å². The zero-order valence-corrected chi connectivity index (χ0v) is 33.3. The lowest BCUT2D eigenvalue weighted by molar-refractivity contribution is -0.131. The van der Waals surface area contributed by atoms with Crippen LogP contribution in [0.5, 0.6) is 0 Å². The lowest BCUT2D eigenvalue weighted by Gasteiger charge is -2.24. The molecule has 0 aromatic heterocycles. The van der Waals surface area contributed by atoms with Gasteiger partial charge in [0, 0.05) is 0 Å². The van der Waals surface area contributed by atoms with Gasteiger partial charge in [-0.15, -0.1) is 0 Å². The molecule has 0 fully saturated rings. The molecule has 0 aliphatic carbocycles. The molecule has 3 atom stereocenters. The smallest absolute Gasteiger partial charge is 0.266 e. The third kappa shape index (κ3) is 35.5. The highest BCUT2D eigenvalue weighted by Gasteiger charge is 2.28. The molecule has 7 nitrogen and oxygen atoms in total. The third-order valence-corrected chi connectivity index (χ3v) is 10.9. The SMILES string of the molecule is CCCCCCCCCCCCCCCCCCCCCC(O)C(CS(=O)(=O)O)NC(=O)C(O)CCCCCCCCCCCCCCC. The molecule has 8 heteroatoms. The molecule has 0 rings (SSSR count). The number of aliphatic hydroxyl groups is 2. The fourth-order valence-corrected chi connectivity index (χ4v) is 7.63. The average molecular weight is 718 g/mol. The Morgan fingerprint density at radius 3 is 1.02 bits per heavy atom. The van der Waals surface area contributed by atoms with Crippen molar-refractivity contribution in [3.63, 3.8) is 0 Å².